The first-order valence-electron chi connectivity index (χ1n) is 7.39. The molecule has 0 spiro atoms. The minimum atomic E-state index is 0.581. The smallest absolute Gasteiger partial charge is 0.131 e. The van der Waals surface area contributed by atoms with Crippen molar-refractivity contribution < 1.29 is 0 Å². The molecule has 0 aromatic carbocycles. The number of hydrogen-bond acceptors (Lipinski definition) is 3. The van der Waals surface area contributed by atoms with E-state index in [1.807, 2.05) is 13.2 Å². The van der Waals surface area contributed by atoms with E-state index in [1.165, 1.54) is 23.4 Å². The quantitative estimate of drug-likeness (QED) is 0.906. The van der Waals surface area contributed by atoms with Gasteiger partial charge in [0, 0.05) is 25.3 Å². The Morgan fingerprint density at radius 3 is 2.74 bits per heavy atom. The van der Waals surface area contributed by atoms with E-state index in [0.717, 1.165) is 24.9 Å². The lowest BCUT2D eigenvalue weighted by Crippen LogP contribution is -2.46. The van der Waals surface area contributed by atoms with Crippen molar-refractivity contribution in [2.45, 2.75) is 46.7 Å². The van der Waals surface area contributed by atoms with E-state index in [1.54, 1.807) is 0 Å². The number of pyridine rings is 1. The summed E-state index contributed by atoms with van der Waals surface area (Å²) in [7, 11) is 1.97. The Morgan fingerprint density at radius 2 is 2.11 bits per heavy atom. The van der Waals surface area contributed by atoms with Crippen LogP contribution in [0.1, 0.15) is 38.3 Å². The maximum absolute atomic E-state index is 4.73. The van der Waals surface area contributed by atoms with Crippen LogP contribution in [0.15, 0.2) is 12.3 Å². The second kappa shape index (κ2) is 5.91. The Balaban J connectivity index is 2.25. The van der Waals surface area contributed by atoms with Crippen molar-refractivity contribution in [1.29, 1.82) is 0 Å². The summed E-state index contributed by atoms with van der Waals surface area (Å²) in [6, 6.07) is 2.84. The molecule has 0 saturated carbocycles. The van der Waals surface area contributed by atoms with Gasteiger partial charge in [0.25, 0.3) is 0 Å². The molecule has 19 heavy (non-hydrogen) atoms. The maximum atomic E-state index is 4.73. The van der Waals surface area contributed by atoms with Gasteiger partial charge in [-0.3, -0.25) is 0 Å². The van der Waals surface area contributed by atoms with Gasteiger partial charge in [0.2, 0.25) is 0 Å². The second-order valence-electron chi connectivity index (χ2n) is 6.23. The molecule has 3 unspecified atom stereocenters. The van der Waals surface area contributed by atoms with Gasteiger partial charge in [0.05, 0.1) is 0 Å². The van der Waals surface area contributed by atoms with Crippen molar-refractivity contribution in [3.05, 3.63) is 23.4 Å². The van der Waals surface area contributed by atoms with Gasteiger partial charge in [0.15, 0.2) is 0 Å². The first-order valence-corrected chi connectivity index (χ1v) is 7.39. The van der Waals surface area contributed by atoms with E-state index >= 15 is 0 Å². The summed E-state index contributed by atoms with van der Waals surface area (Å²) in [5, 5.41) is 3.18. The number of aromatic nitrogens is 1. The summed E-state index contributed by atoms with van der Waals surface area (Å²) in [5.41, 5.74) is 2.55. The predicted molar refractivity (Wildman–Crippen MR) is 81.5 cm³/mol. The normalized spacial score (nSPS) is 27.6. The molecular weight excluding hydrogens is 234 g/mol. The Kier molecular flexibility index (Phi) is 4.46. The molecule has 2 rings (SSSR count). The van der Waals surface area contributed by atoms with Crippen molar-refractivity contribution in [2.75, 3.05) is 18.5 Å². The van der Waals surface area contributed by atoms with Crippen LogP contribution in [0.25, 0.3) is 0 Å². The molecule has 0 amide bonds. The average Bonchev–Trinajstić information content (AvgIpc) is 2.35. The molecule has 1 aliphatic heterocycles. The zero-order valence-electron chi connectivity index (χ0n) is 12.9. The monoisotopic (exact) mass is 261 g/mol. The Hall–Kier alpha value is -1.09. The van der Waals surface area contributed by atoms with Crippen molar-refractivity contribution in [3.8, 4) is 0 Å². The highest BCUT2D eigenvalue weighted by Crippen LogP contribution is 2.31. The van der Waals surface area contributed by atoms with E-state index in [-0.39, 0.29) is 0 Å². The molecule has 0 bridgehead atoms. The summed E-state index contributed by atoms with van der Waals surface area (Å²) < 4.78 is 0. The van der Waals surface area contributed by atoms with Crippen LogP contribution in [0, 0.1) is 18.8 Å². The summed E-state index contributed by atoms with van der Waals surface area (Å²) in [6.07, 6.45) is 3.34. The fourth-order valence-electron chi connectivity index (χ4n) is 3.22. The van der Waals surface area contributed by atoms with E-state index < -0.39 is 0 Å². The molecule has 0 aliphatic carbocycles. The number of anilines is 1. The number of hydrogen-bond donors (Lipinski definition) is 1. The van der Waals surface area contributed by atoms with Crippen molar-refractivity contribution >= 4 is 5.82 Å². The lowest BCUT2D eigenvalue weighted by molar-refractivity contribution is 0.295. The fourth-order valence-corrected chi connectivity index (χ4v) is 3.22. The van der Waals surface area contributed by atoms with Crippen LogP contribution in [-0.4, -0.2) is 24.6 Å². The van der Waals surface area contributed by atoms with Crippen LogP contribution in [0.4, 0.5) is 5.82 Å². The fraction of sp³-hybridized carbons (Fsp3) is 0.688. The first kappa shape index (κ1) is 14.3. The van der Waals surface area contributed by atoms with Gasteiger partial charge in [-0.05, 0) is 56.3 Å². The lowest BCUT2D eigenvalue weighted by atomic mass is 9.86. The largest absolute Gasteiger partial charge is 0.353 e. The lowest BCUT2D eigenvalue weighted by Gasteiger charge is -2.42. The van der Waals surface area contributed by atoms with Gasteiger partial charge >= 0.3 is 0 Å². The van der Waals surface area contributed by atoms with Gasteiger partial charge in [-0.15, -0.1) is 0 Å². The van der Waals surface area contributed by atoms with Gasteiger partial charge in [-0.25, -0.2) is 4.98 Å². The number of nitrogens with one attached hydrogen (secondary N) is 1. The predicted octanol–water partition coefficient (Wildman–Crippen LogP) is 2.98. The topological polar surface area (TPSA) is 28.2 Å². The summed E-state index contributed by atoms with van der Waals surface area (Å²) >= 11 is 0. The summed E-state index contributed by atoms with van der Waals surface area (Å²) in [5.74, 6) is 2.66. The van der Waals surface area contributed by atoms with Crippen LogP contribution < -0.4 is 10.2 Å². The van der Waals surface area contributed by atoms with E-state index in [4.69, 9.17) is 4.98 Å². The van der Waals surface area contributed by atoms with Gasteiger partial charge in [-0.2, -0.15) is 0 Å². The molecule has 1 aromatic rings. The summed E-state index contributed by atoms with van der Waals surface area (Å²) in [6.45, 7) is 11.2. The van der Waals surface area contributed by atoms with Crippen LogP contribution in [0.5, 0.6) is 0 Å². The Bertz CT molecular complexity index is 430. The molecule has 106 valence electrons. The minimum absolute atomic E-state index is 0.581. The molecule has 2 heterocycles. The van der Waals surface area contributed by atoms with E-state index in [9.17, 15) is 0 Å². The highest BCUT2D eigenvalue weighted by Gasteiger charge is 2.30. The van der Waals surface area contributed by atoms with Gasteiger partial charge in [0.1, 0.15) is 5.82 Å². The summed E-state index contributed by atoms with van der Waals surface area (Å²) in [4.78, 5) is 7.22. The SMILES string of the molecule is CNCc1cnc(N2CC(C)CC(C)C2C)c(C)c1. The standard InChI is InChI=1S/C16H27N3/c1-11-6-12(2)14(4)19(10-11)16-13(3)7-15(8-17-5)9-18-16/h7,9,11-12,14,17H,6,8,10H2,1-5H3. The molecule has 3 heteroatoms. The number of aryl methyl sites for hydroxylation is 1. The molecule has 1 saturated heterocycles. The number of piperidine rings is 1. The highest BCUT2D eigenvalue weighted by atomic mass is 15.2. The average molecular weight is 261 g/mol. The third-order valence-electron chi connectivity index (χ3n) is 4.36. The van der Waals surface area contributed by atoms with Crippen molar-refractivity contribution in [3.63, 3.8) is 0 Å². The van der Waals surface area contributed by atoms with E-state index in [2.05, 4.69) is 44.0 Å². The Morgan fingerprint density at radius 1 is 1.37 bits per heavy atom. The van der Waals surface area contributed by atoms with Crippen LogP contribution in [-0.2, 0) is 6.54 Å². The molecule has 3 nitrogen and oxygen atoms in total. The molecule has 1 fully saturated rings. The molecule has 0 radical (unpaired) electrons. The molecule has 3 atom stereocenters. The van der Waals surface area contributed by atoms with E-state index in [0.29, 0.717) is 6.04 Å². The highest BCUT2D eigenvalue weighted by molar-refractivity contribution is 5.49. The van der Waals surface area contributed by atoms with Crippen LogP contribution in [0.3, 0.4) is 0 Å². The Labute approximate surface area is 117 Å². The maximum Gasteiger partial charge on any atom is 0.131 e. The van der Waals surface area contributed by atoms with Crippen molar-refractivity contribution in [1.82, 2.24) is 10.3 Å². The second-order valence-corrected chi connectivity index (χ2v) is 6.23. The number of rotatable bonds is 3. The van der Waals surface area contributed by atoms with Crippen LogP contribution >= 0.6 is 0 Å². The third kappa shape index (κ3) is 3.08. The first-order chi connectivity index (χ1) is 9.02. The van der Waals surface area contributed by atoms with Crippen molar-refractivity contribution in [2.24, 2.45) is 11.8 Å². The minimum Gasteiger partial charge on any atom is -0.353 e. The molecule has 1 aliphatic rings. The molecule has 1 N–H and O–H groups in total. The zero-order chi connectivity index (χ0) is 14.0. The molecule has 1 aromatic heterocycles. The third-order valence-corrected chi connectivity index (χ3v) is 4.36. The van der Waals surface area contributed by atoms with Crippen LogP contribution in [0.2, 0.25) is 0 Å². The van der Waals surface area contributed by atoms with Gasteiger partial charge < -0.3 is 10.2 Å². The molecular formula is C16H27N3. The number of nitrogens with zero attached hydrogens (tertiary/aromatic N) is 2. The van der Waals surface area contributed by atoms with Gasteiger partial charge in [-0.1, -0.05) is 13.8 Å². The zero-order valence-corrected chi connectivity index (χ0v) is 12.9.